The number of rotatable bonds is 0. The van der Waals surface area contributed by atoms with Crippen LogP contribution in [-0.2, 0) is 11.3 Å². The quantitative estimate of drug-likeness (QED) is 0.497. The molecular formula is C8H3Cl2FO2. The second-order valence-corrected chi connectivity index (χ2v) is 3.37. The van der Waals surface area contributed by atoms with Crippen molar-refractivity contribution in [3.8, 4) is 0 Å². The van der Waals surface area contributed by atoms with Crippen molar-refractivity contribution in [3.63, 3.8) is 0 Å². The van der Waals surface area contributed by atoms with Crippen molar-refractivity contribution in [1.82, 2.24) is 0 Å². The molecule has 0 unspecified atom stereocenters. The molecule has 1 aromatic carbocycles. The minimum atomic E-state index is -0.671. The summed E-state index contributed by atoms with van der Waals surface area (Å²) in [4.78, 5) is 11.0. The van der Waals surface area contributed by atoms with Gasteiger partial charge in [-0.1, -0.05) is 23.2 Å². The number of carbonyl (C=O) groups excluding carboxylic acids is 1. The van der Waals surface area contributed by atoms with Gasteiger partial charge in [-0.15, -0.1) is 0 Å². The fraction of sp³-hybridized carbons (Fsp3) is 0.125. The summed E-state index contributed by atoms with van der Waals surface area (Å²) in [6.07, 6.45) is 0. The van der Waals surface area contributed by atoms with Crippen LogP contribution >= 0.6 is 23.2 Å². The van der Waals surface area contributed by atoms with Crippen molar-refractivity contribution in [3.05, 3.63) is 33.1 Å². The number of esters is 1. The zero-order chi connectivity index (χ0) is 9.59. The van der Waals surface area contributed by atoms with Crippen LogP contribution in [0.5, 0.6) is 0 Å². The van der Waals surface area contributed by atoms with E-state index in [0.29, 0.717) is 0 Å². The molecule has 1 heterocycles. The van der Waals surface area contributed by atoms with E-state index in [0.717, 1.165) is 0 Å². The number of benzene rings is 1. The van der Waals surface area contributed by atoms with Gasteiger partial charge in [-0.25, -0.2) is 9.18 Å². The molecule has 0 radical (unpaired) electrons. The molecule has 0 N–H and O–H groups in total. The highest BCUT2D eigenvalue weighted by Gasteiger charge is 2.27. The van der Waals surface area contributed by atoms with Crippen molar-refractivity contribution in [2.45, 2.75) is 6.61 Å². The summed E-state index contributed by atoms with van der Waals surface area (Å²) in [5, 5.41) is -0.143. The lowest BCUT2D eigenvalue weighted by molar-refractivity contribution is 0.0534. The highest BCUT2D eigenvalue weighted by molar-refractivity contribution is 6.42. The molecule has 2 rings (SSSR count). The van der Waals surface area contributed by atoms with E-state index in [1.807, 2.05) is 0 Å². The van der Waals surface area contributed by atoms with Gasteiger partial charge in [0.05, 0.1) is 15.6 Å². The largest absolute Gasteiger partial charge is 0.457 e. The van der Waals surface area contributed by atoms with Crippen molar-refractivity contribution < 1.29 is 13.9 Å². The Balaban J connectivity index is 2.74. The standard InChI is InChI=1S/C8H3Cl2FO2/c9-5-1-3-4(2-13-8(3)12)7(11)6(5)10/h1H,2H2. The monoisotopic (exact) mass is 220 g/mol. The van der Waals surface area contributed by atoms with Gasteiger partial charge in [-0.2, -0.15) is 0 Å². The van der Waals surface area contributed by atoms with E-state index in [4.69, 9.17) is 23.2 Å². The highest BCUT2D eigenvalue weighted by Crippen LogP contribution is 2.33. The fourth-order valence-corrected chi connectivity index (χ4v) is 1.53. The molecule has 0 atom stereocenters. The first kappa shape index (κ1) is 8.78. The van der Waals surface area contributed by atoms with E-state index in [9.17, 15) is 9.18 Å². The Morgan fingerprint density at radius 3 is 2.85 bits per heavy atom. The molecule has 0 amide bonds. The Kier molecular flexibility index (Phi) is 1.93. The van der Waals surface area contributed by atoms with Crippen LogP contribution in [-0.4, -0.2) is 5.97 Å². The second kappa shape index (κ2) is 2.86. The SMILES string of the molecule is O=C1OCc2c1cc(Cl)c(Cl)c2F. The molecule has 0 fully saturated rings. The van der Waals surface area contributed by atoms with Crippen LogP contribution < -0.4 is 0 Å². The summed E-state index contributed by atoms with van der Waals surface area (Å²) in [6.45, 7) is -0.0725. The van der Waals surface area contributed by atoms with Gasteiger partial charge in [0.1, 0.15) is 6.61 Å². The number of cyclic esters (lactones) is 1. The molecule has 13 heavy (non-hydrogen) atoms. The zero-order valence-corrected chi connectivity index (χ0v) is 7.75. The molecule has 1 aliphatic rings. The Labute approximate surface area is 83.2 Å². The molecule has 0 saturated heterocycles. The molecular weight excluding hydrogens is 218 g/mol. The third-order valence-corrected chi connectivity index (χ3v) is 2.60. The predicted molar refractivity (Wildman–Crippen MR) is 45.5 cm³/mol. The van der Waals surface area contributed by atoms with Gasteiger partial charge in [0.25, 0.3) is 0 Å². The van der Waals surface area contributed by atoms with Gasteiger partial charge in [0.2, 0.25) is 0 Å². The maximum atomic E-state index is 13.3. The number of fused-ring (bicyclic) bond motifs is 1. The maximum Gasteiger partial charge on any atom is 0.339 e. The van der Waals surface area contributed by atoms with Crippen LogP contribution in [0.3, 0.4) is 0 Å². The summed E-state index contributed by atoms with van der Waals surface area (Å²) >= 11 is 11.1. The first-order valence-corrected chi connectivity index (χ1v) is 4.20. The van der Waals surface area contributed by atoms with Gasteiger partial charge < -0.3 is 4.74 Å². The van der Waals surface area contributed by atoms with E-state index in [-0.39, 0.29) is 27.8 Å². The zero-order valence-electron chi connectivity index (χ0n) is 6.23. The van der Waals surface area contributed by atoms with E-state index in [2.05, 4.69) is 4.74 Å². The molecule has 0 aliphatic carbocycles. The molecule has 5 heteroatoms. The van der Waals surface area contributed by atoms with Gasteiger partial charge in [-0.05, 0) is 6.07 Å². The lowest BCUT2D eigenvalue weighted by Crippen LogP contribution is -1.95. The molecule has 1 aliphatic heterocycles. The van der Waals surface area contributed by atoms with Crippen LogP contribution in [0, 0.1) is 5.82 Å². The number of hydrogen-bond acceptors (Lipinski definition) is 2. The number of carbonyl (C=O) groups is 1. The maximum absolute atomic E-state index is 13.3. The summed E-state index contributed by atoms with van der Waals surface area (Å²) in [5.41, 5.74) is 0.339. The van der Waals surface area contributed by atoms with Crippen molar-refractivity contribution in [2.75, 3.05) is 0 Å². The third-order valence-electron chi connectivity index (χ3n) is 1.83. The Morgan fingerprint density at radius 2 is 2.15 bits per heavy atom. The topological polar surface area (TPSA) is 26.3 Å². The lowest BCUT2D eigenvalue weighted by atomic mass is 10.1. The minimum Gasteiger partial charge on any atom is -0.457 e. The Hall–Kier alpha value is -0.800. The van der Waals surface area contributed by atoms with E-state index in [1.54, 1.807) is 0 Å². The van der Waals surface area contributed by atoms with Crippen LogP contribution in [0.4, 0.5) is 4.39 Å². The number of hydrogen-bond donors (Lipinski definition) is 0. The summed E-state index contributed by atoms with van der Waals surface area (Å²) in [6, 6.07) is 1.32. The number of ether oxygens (including phenoxy) is 1. The summed E-state index contributed by atoms with van der Waals surface area (Å²) in [5.74, 6) is -1.23. The van der Waals surface area contributed by atoms with Crippen LogP contribution in [0.15, 0.2) is 6.07 Å². The molecule has 2 nitrogen and oxygen atoms in total. The van der Waals surface area contributed by atoms with Crippen LogP contribution in [0.1, 0.15) is 15.9 Å². The average molecular weight is 221 g/mol. The van der Waals surface area contributed by atoms with Crippen molar-refractivity contribution in [1.29, 1.82) is 0 Å². The summed E-state index contributed by atoms with van der Waals surface area (Å²) < 4.78 is 17.9. The number of halogens is 3. The fourth-order valence-electron chi connectivity index (χ4n) is 1.17. The molecule has 0 spiro atoms. The van der Waals surface area contributed by atoms with E-state index >= 15 is 0 Å². The van der Waals surface area contributed by atoms with Crippen molar-refractivity contribution in [2.24, 2.45) is 0 Å². The molecule has 0 saturated carbocycles. The molecule has 0 aromatic heterocycles. The predicted octanol–water partition coefficient (Wildman–Crippen LogP) is 2.80. The highest BCUT2D eigenvalue weighted by atomic mass is 35.5. The first-order chi connectivity index (χ1) is 6.11. The van der Waals surface area contributed by atoms with Crippen LogP contribution in [0.2, 0.25) is 10.0 Å². The van der Waals surface area contributed by atoms with Crippen LogP contribution in [0.25, 0.3) is 0 Å². The molecule has 1 aromatic rings. The van der Waals surface area contributed by atoms with E-state index in [1.165, 1.54) is 6.07 Å². The Morgan fingerprint density at radius 1 is 1.46 bits per heavy atom. The lowest BCUT2D eigenvalue weighted by Gasteiger charge is -2.00. The Bertz CT molecular complexity index is 404. The smallest absolute Gasteiger partial charge is 0.339 e. The van der Waals surface area contributed by atoms with Crippen molar-refractivity contribution >= 4 is 29.2 Å². The van der Waals surface area contributed by atoms with Gasteiger partial charge in [-0.3, -0.25) is 0 Å². The molecule has 68 valence electrons. The minimum absolute atomic E-state index is 0.0248. The second-order valence-electron chi connectivity index (χ2n) is 2.59. The first-order valence-electron chi connectivity index (χ1n) is 3.44. The van der Waals surface area contributed by atoms with E-state index < -0.39 is 11.8 Å². The normalized spacial score (nSPS) is 14.2. The molecule has 0 bridgehead atoms. The average Bonchev–Trinajstić information content (AvgIpc) is 2.45. The van der Waals surface area contributed by atoms with Gasteiger partial charge in [0.15, 0.2) is 5.82 Å². The third kappa shape index (κ3) is 1.19. The summed E-state index contributed by atoms with van der Waals surface area (Å²) in [7, 11) is 0. The van der Waals surface area contributed by atoms with Gasteiger partial charge in [0, 0.05) is 5.56 Å². The van der Waals surface area contributed by atoms with Gasteiger partial charge >= 0.3 is 5.97 Å².